The van der Waals surface area contributed by atoms with Gasteiger partial charge in [0.1, 0.15) is 0 Å². The summed E-state index contributed by atoms with van der Waals surface area (Å²) in [7, 11) is -7.85. The Hall–Kier alpha value is -1.50. The Morgan fingerprint density at radius 1 is 1.38 bits per heavy atom. The number of aryl methyl sites for hydroxylation is 2. The number of thiazole rings is 1. The zero-order valence-electron chi connectivity index (χ0n) is 11.1. The lowest BCUT2D eigenvalue weighted by Crippen LogP contribution is -2.13. The van der Waals surface area contributed by atoms with Crippen LogP contribution in [0.3, 0.4) is 0 Å². The second-order valence-electron chi connectivity index (χ2n) is 4.08. The summed E-state index contributed by atoms with van der Waals surface area (Å²) in [6.07, 6.45) is 2.75. The predicted octanol–water partition coefficient (Wildman–Crippen LogP) is 0.116. The molecule has 12 heteroatoms. The van der Waals surface area contributed by atoms with Gasteiger partial charge in [0.2, 0.25) is 10.0 Å². The van der Waals surface area contributed by atoms with Gasteiger partial charge >= 0.3 is 0 Å². The average molecular weight is 351 g/mol. The Morgan fingerprint density at radius 3 is 2.52 bits per heavy atom. The van der Waals surface area contributed by atoms with Crippen LogP contribution >= 0.6 is 11.3 Å². The predicted molar refractivity (Wildman–Crippen MR) is 76.9 cm³/mol. The van der Waals surface area contributed by atoms with Crippen molar-refractivity contribution in [3.05, 3.63) is 18.2 Å². The summed E-state index contributed by atoms with van der Waals surface area (Å²) in [5.74, 6) is 0. The van der Waals surface area contributed by atoms with Gasteiger partial charge in [-0.05, 0) is 13.8 Å². The number of anilines is 1. The van der Waals surface area contributed by atoms with Gasteiger partial charge < -0.3 is 4.57 Å². The van der Waals surface area contributed by atoms with Crippen molar-refractivity contribution in [2.24, 2.45) is 5.14 Å². The molecule has 2 aromatic rings. The third-order valence-electron chi connectivity index (χ3n) is 2.48. The molecule has 116 valence electrons. The first-order valence-electron chi connectivity index (χ1n) is 5.68. The van der Waals surface area contributed by atoms with Gasteiger partial charge in [0.15, 0.2) is 14.4 Å². The molecule has 0 spiro atoms. The molecule has 0 unspecified atom stereocenters. The largest absolute Gasteiger partial charge is 0.336 e. The number of imidazole rings is 1. The molecule has 0 aliphatic carbocycles. The minimum Gasteiger partial charge on any atom is -0.336 e. The van der Waals surface area contributed by atoms with E-state index in [0.717, 1.165) is 0 Å². The lowest BCUT2D eigenvalue weighted by Gasteiger charge is -2.00. The van der Waals surface area contributed by atoms with Crippen molar-refractivity contribution in [2.45, 2.75) is 29.6 Å². The molecule has 2 heterocycles. The number of rotatable bonds is 5. The summed E-state index contributed by atoms with van der Waals surface area (Å²) in [4.78, 5) is 7.63. The molecule has 0 aliphatic heterocycles. The summed E-state index contributed by atoms with van der Waals surface area (Å²) in [6.45, 7) is 3.85. The third kappa shape index (κ3) is 3.40. The van der Waals surface area contributed by atoms with Crippen LogP contribution in [0.4, 0.5) is 5.13 Å². The molecular weight excluding hydrogens is 338 g/mol. The third-order valence-corrected chi connectivity index (χ3v) is 6.46. The first-order valence-corrected chi connectivity index (χ1v) is 9.53. The van der Waals surface area contributed by atoms with E-state index in [1.54, 1.807) is 4.57 Å². The van der Waals surface area contributed by atoms with Gasteiger partial charge in [0.05, 0.1) is 12.0 Å². The first-order chi connectivity index (χ1) is 9.63. The van der Waals surface area contributed by atoms with Crippen molar-refractivity contribution in [3.8, 4) is 0 Å². The number of aromatic nitrogens is 3. The van der Waals surface area contributed by atoms with Crippen LogP contribution in [0.5, 0.6) is 0 Å². The molecule has 0 saturated carbocycles. The smallest absolute Gasteiger partial charge is 0.282 e. The number of nitrogens with two attached hydrogens (primary N) is 1. The van der Waals surface area contributed by atoms with E-state index in [-0.39, 0.29) is 20.1 Å². The van der Waals surface area contributed by atoms with Crippen molar-refractivity contribution >= 4 is 36.5 Å². The molecule has 2 aromatic heterocycles. The maximum Gasteiger partial charge on any atom is 0.282 e. The molecule has 0 atom stereocenters. The van der Waals surface area contributed by atoms with E-state index in [2.05, 4.69) is 14.7 Å². The number of hydrogen-bond donors (Lipinski definition) is 2. The molecule has 0 bridgehead atoms. The van der Waals surface area contributed by atoms with Crippen LogP contribution in [0, 0.1) is 6.92 Å². The normalized spacial score (nSPS) is 12.5. The van der Waals surface area contributed by atoms with E-state index in [1.807, 2.05) is 6.92 Å². The number of nitrogens with one attached hydrogen (secondary N) is 1. The first kappa shape index (κ1) is 15.9. The zero-order valence-corrected chi connectivity index (χ0v) is 13.6. The SMILES string of the molecule is CCn1cnc(S(=O)(=O)Nc2nc(C)c(S(N)(=O)=O)s2)c1. The highest BCUT2D eigenvalue weighted by Crippen LogP contribution is 2.27. The highest BCUT2D eigenvalue weighted by molar-refractivity contribution is 7.93. The minimum absolute atomic E-state index is 0.0810. The Labute approximate surface area is 125 Å². The second kappa shape index (κ2) is 5.36. The van der Waals surface area contributed by atoms with E-state index in [0.29, 0.717) is 17.9 Å². The molecule has 3 N–H and O–H groups in total. The van der Waals surface area contributed by atoms with Crippen molar-refractivity contribution in [3.63, 3.8) is 0 Å². The fraction of sp³-hybridized carbons (Fsp3) is 0.333. The lowest BCUT2D eigenvalue weighted by molar-refractivity contribution is 0.597. The fourth-order valence-electron chi connectivity index (χ4n) is 1.51. The Kier molecular flexibility index (Phi) is 4.06. The molecule has 0 aromatic carbocycles. The van der Waals surface area contributed by atoms with E-state index >= 15 is 0 Å². The molecule has 2 rings (SSSR count). The Bertz CT molecular complexity index is 865. The van der Waals surface area contributed by atoms with Crippen molar-refractivity contribution < 1.29 is 16.8 Å². The standard InChI is InChI=1S/C9H13N5O4S3/c1-3-14-4-7(11-5-14)21(17,18)13-9-12-6(2)8(19-9)20(10,15)16/h4-5H,3H2,1-2H3,(H,12,13)(H2,10,15,16). The van der Waals surface area contributed by atoms with Gasteiger partial charge in [-0.15, -0.1) is 0 Å². The number of sulfonamides is 2. The molecule has 0 radical (unpaired) electrons. The van der Waals surface area contributed by atoms with Gasteiger partial charge in [-0.3, -0.25) is 4.72 Å². The molecule has 0 saturated heterocycles. The van der Waals surface area contributed by atoms with Gasteiger partial charge in [-0.2, -0.15) is 8.42 Å². The molecule has 9 nitrogen and oxygen atoms in total. The van der Waals surface area contributed by atoms with Gasteiger partial charge in [-0.1, -0.05) is 11.3 Å². The zero-order chi connectivity index (χ0) is 15.8. The van der Waals surface area contributed by atoms with Crippen LogP contribution in [-0.4, -0.2) is 31.4 Å². The monoisotopic (exact) mass is 351 g/mol. The lowest BCUT2D eigenvalue weighted by atomic mass is 10.6. The van der Waals surface area contributed by atoms with E-state index in [4.69, 9.17) is 5.14 Å². The van der Waals surface area contributed by atoms with E-state index in [9.17, 15) is 16.8 Å². The van der Waals surface area contributed by atoms with Crippen molar-refractivity contribution in [1.82, 2.24) is 14.5 Å². The van der Waals surface area contributed by atoms with Crippen LogP contribution in [0.2, 0.25) is 0 Å². The number of hydrogen-bond acceptors (Lipinski definition) is 7. The fourth-order valence-corrected chi connectivity index (χ4v) is 4.55. The van der Waals surface area contributed by atoms with Gasteiger partial charge in [0, 0.05) is 12.7 Å². The number of primary sulfonamides is 1. The second-order valence-corrected chi connectivity index (χ2v) is 8.47. The molecule has 0 aliphatic rings. The molecule has 0 fully saturated rings. The van der Waals surface area contributed by atoms with Gasteiger partial charge in [-0.25, -0.2) is 23.5 Å². The molecule has 21 heavy (non-hydrogen) atoms. The minimum atomic E-state index is -3.93. The number of nitrogens with zero attached hydrogens (tertiary/aromatic N) is 3. The van der Waals surface area contributed by atoms with Crippen LogP contribution in [-0.2, 0) is 26.6 Å². The van der Waals surface area contributed by atoms with Crippen LogP contribution < -0.4 is 9.86 Å². The van der Waals surface area contributed by atoms with Crippen LogP contribution in [0.25, 0.3) is 0 Å². The maximum atomic E-state index is 12.1. The Balaban J connectivity index is 2.33. The molecular formula is C9H13N5O4S3. The summed E-state index contributed by atoms with van der Waals surface area (Å²) < 4.78 is 50.4. The maximum absolute atomic E-state index is 12.1. The summed E-state index contributed by atoms with van der Waals surface area (Å²) in [6, 6.07) is 0. The van der Waals surface area contributed by atoms with E-state index in [1.165, 1.54) is 19.4 Å². The molecule has 0 amide bonds. The van der Waals surface area contributed by atoms with Crippen molar-refractivity contribution in [2.75, 3.05) is 4.72 Å². The quantitative estimate of drug-likeness (QED) is 0.784. The summed E-state index contributed by atoms with van der Waals surface area (Å²) >= 11 is 0.652. The highest BCUT2D eigenvalue weighted by atomic mass is 32.2. The van der Waals surface area contributed by atoms with Crippen LogP contribution in [0.1, 0.15) is 12.6 Å². The average Bonchev–Trinajstić information content (AvgIpc) is 2.94. The van der Waals surface area contributed by atoms with Gasteiger partial charge in [0.25, 0.3) is 10.0 Å². The summed E-state index contributed by atoms with van der Waals surface area (Å²) in [5, 5.41) is 4.76. The van der Waals surface area contributed by atoms with Crippen LogP contribution in [0.15, 0.2) is 21.8 Å². The highest BCUT2D eigenvalue weighted by Gasteiger charge is 2.23. The summed E-state index contributed by atoms with van der Waals surface area (Å²) in [5.41, 5.74) is 0.138. The van der Waals surface area contributed by atoms with E-state index < -0.39 is 20.0 Å². The Morgan fingerprint density at radius 2 is 2.05 bits per heavy atom. The van der Waals surface area contributed by atoms with Crippen molar-refractivity contribution in [1.29, 1.82) is 0 Å². The topological polar surface area (TPSA) is 137 Å².